The predicted octanol–water partition coefficient (Wildman–Crippen LogP) is 2.13. The minimum Gasteiger partial charge on any atom is -0.415 e. The topological polar surface area (TPSA) is 121 Å². The molecule has 1 aromatic heterocycles. The fraction of sp³-hybridized carbons (Fsp3) is 0.455. The van der Waals surface area contributed by atoms with Gasteiger partial charge in [0.1, 0.15) is 11.1 Å². The summed E-state index contributed by atoms with van der Waals surface area (Å²) in [6.07, 6.45) is 0. The van der Waals surface area contributed by atoms with E-state index in [9.17, 15) is 22.0 Å². The van der Waals surface area contributed by atoms with E-state index < -0.39 is 34.0 Å². The van der Waals surface area contributed by atoms with E-state index in [1.54, 1.807) is 25.1 Å². The lowest BCUT2D eigenvalue weighted by Gasteiger charge is -2.48. The Morgan fingerprint density at radius 1 is 1.24 bits per heavy atom. The number of anilines is 1. The normalized spacial score (nSPS) is 15.9. The lowest BCUT2D eigenvalue weighted by molar-refractivity contribution is -0.125. The van der Waals surface area contributed by atoms with Crippen LogP contribution in [0.3, 0.4) is 0 Å². The van der Waals surface area contributed by atoms with Crippen LogP contribution in [0.2, 0.25) is 0 Å². The number of carbonyl (C=O) groups is 1. The van der Waals surface area contributed by atoms with Crippen LogP contribution in [0.4, 0.5) is 14.5 Å². The van der Waals surface area contributed by atoms with Crippen LogP contribution in [-0.4, -0.2) is 61.6 Å². The van der Waals surface area contributed by atoms with Gasteiger partial charge in [-0.05, 0) is 36.1 Å². The summed E-state index contributed by atoms with van der Waals surface area (Å²) in [5, 5.41) is 11.6. The number of aromatic nitrogens is 1. The Morgan fingerprint density at radius 2 is 1.91 bits per heavy atom. The highest BCUT2D eigenvalue weighted by atomic mass is 32.2. The number of ether oxygens (including phenoxy) is 1. The molecule has 9 nitrogen and oxygen atoms in total. The maximum absolute atomic E-state index is 13.6. The van der Waals surface area contributed by atoms with Crippen LogP contribution in [0.1, 0.15) is 36.6 Å². The number of hydrogen-bond acceptors (Lipinski definition) is 6. The molecular weight excluding hydrogens is 470 g/mol. The number of aliphatic hydroxyl groups excluding tert-OH is 1. The molecule has 3 rings (SSSR count). The van der Waals surface area contributed by atoms with Crippen LogP contribution >= 0.6 is 0 Å². The molecule has 3 N–H and O–H groups in total. The number of benzene rings is 1. The van der Waals surface area contributed by atoms with Crippen molar-refractivity contribution in [2.24, 2.45) is 0 Å². The molecule has 1 aliphatic heterocycles. The number of nitrogens with one attached hydrogen (secondary N) is 2. The van der Waals surface area contributed by atoms with E-state index in [0.29, 0.717) is 11.3 Å². The van der Waals surface area contributed by atoms with Crippen LogP contribution in [0, 0.1) is 6.92 Å². The molecule has 1 saturated heterocycles. The van der Waals surface area contributed by atoms with E-state index in [0.717, 1.165) is 9.87 Å². The SMILES string of the molecule is Cc1ccc(NC(=O)C2(c3ccccc3C(C)C)CN(S(=O)(=O)NCCO)C2)c(OC(F)F)n1. The first-order valence-electron chi connectivity index (χ1n) is 10.7. The van der Waals surface area contributed by atoms with E-state index in [-0.39, 0.29) is 37.8 Å². The summed E-state index contributed by atoms with van der Waals surface area (Å²) >= 11 is 0. The van der Waals surface area contributed by atoms with Gasteiger partial charge in [0.2, 0.25) is 11.8 Å². The van der Waals surface area contributed by atoms with Gasteiger partial charge in [0.15, 0.2) is 0 Å². The lowest BCUT2D eigenvalue weighted by atomic mass is 9.71. The fourth-order valence-electron chi connectivity index (χ4n) is 3.91. The third-order valence-electron chi connectivity index (χ3n) is 5.61. The van der Waals surface area contributed by atoms with Gasteiger partial charge in [0.05, 0.1) is 6.61 Å². The maximum atomic E-state index is 13.6. The zero-order valence-corrected chi connectivity index (χ0v) is 19.9. The largest absolute Gasteiger partial charge is 0.415 e. The molecule has 0 radical (unpaired) electrons. The van der Waals surface area contributed by atoms with Crippen molar-refractivity contribution in [3.05, 3.63) is 53.2 Å². The minimum atomic E-state index is -3.93. The summed E-state index contributed by atoms with van der Waals surface area (Å²) in [4.78, 5) is 17.6. The first kappa shape index (κ1) is 25.9. The number of aryl methyl sites for hydroxylation is 1. The summed E-state index contributed by atoms with van der Waals surface area (Å²) < 4.78 is 58.8. The highest BCUT2D eigenvalue weighted by Crippen LogP contribution is 2.41. The highest BCUT2D eigenvalue weighted by Gasteiger charge is 2.55. The van der Waals surface area contributed by atoms with Gasteiger partial charge < -0.3 is 15.2 Å². The van der Waals surface area contributed by atoms with Crippen molar-refractivity contribution in [3.63, 3.8) is 0 Å². The van der Waals surface area contributed by atoms with Crippen molar-refractivity contribution in [2.75, 3.05) is 31.6 Å². The highest BCUT2D eigenvalue weighted by molar-refractivity contribution is 7.87. The Hall–Kier alpha value is -2.67. The lowest BCUT2D eigenvalue weighted by Crippen LogP contribution is -2.68. The summed E-state index contributed by atoms with van der Waals surface area (Å²) in [7, 11) is -3.93. The van der Waals surface area contributed by atoms with Gasteiger partial charge in [0, 0.05) is 25.3 Å². The second kappa shape index (κ2) is 10.3. The summed E-state index contributed by atoms with van der Waals surface area (Å²) in [6, 6.07) is 10.2. The number of aliphatic hydroxyl groups is 1. The Bertz CT molecular complexity index is 1140. The van der Waals surface area contributed by atoms with Gasteiger partial charge in [-0.2, -0.15) is 26.2 Å². The third kappa shape index (κ3) is 5.35. The number of hydrogen-bond donors (Lipinski definition) is 3. The fourth-order valence-corrected chi connectivity index (χ4v) is 5.22. The molecule has 0 spiro atoms. The molecule has 1 aromatic carbocycles. The molecule has 12 heteroatoms. The van der Waals surface area contributed by atoms with Gasteiger partial charge >= 0.3 is 6.61 Å². The van der Waals surface area contributed by atoms with E-state index in [1.165, 1.54) is 6.07 Å². The molecular formula is C22H28F2N4O5S. The smallest absolute Gasteiger partial charge is 0.388 e. The van der Waals surface area contributed by atoms with Crippen molar-refractivity contribution in [1.82, 2.24) is 14.0 Å². The first-order valence-corrected chi connectivity index (χ1v) is 12.1. The molecule has 0 unspecified atom stereocenters. The molecule has 0 aliphatic carbocycles. The zero-order chi connectivity index (χ0) is 25.1. The summed E-state index contributed by atoms with van der Waals surface area (Å²) in [6.45, 7) is 1.49. The van der Waals surface area contributed by atoms with Crippen molar-refractivity contribution >= 4 is 21.8 Å². The van der Waals surface area contributed by atoms with E-state index in [4.69, 9.17) is 5.11 Å². The number of pyridine rings is 1. The van der Waals surface area contributed by atoms with Crippen LogP contribution in [0.15, 0.2) is 36.4 Å². The van der Waals surface area contributed by atoms with Crippen LogP contribution in [0.25, 0.3) is 0 Å². The van der Waals surface area contributed by atoms with Gasteiger partial charge in [-0.25, -0.2) is 4.98 Å². The molecule has 0 bridgehead atoms. The molecule has 2 aromatic rings. The molecule has 1 fully saturated rings. The van der Waals surface area contributed by atoms with E-state index >= 15 is 0 Å². The minimum absolute atomic E-state index is 0.0396. The van der Waals surface area contributed by atoms with Crippen molar-refractivity contribution in [3.8, 4) is 5.88 Å². The van der Waals surface area contributed by atoms with Crippen LogP contribution < -0.4 is 14.8 Å². The number of carbonyl (C=O) groups excluding carboxylic acids is 1. The maximum Gasteiger partial charge on any atom is 0.388 e. The number of alkyl halides is 2. The Balaban J connectivity index is 1.99. The van der Waals surface area contributed by atoms with E-state index in [2.05, 4.69) is 19.8 Å². The van der Waals surface area contributed by atoms with Gasteiger partial charge in [-0.15, -0.1) is 0 Å². The first-order chi connectivity index (χ1) is 16.0. The van der Waals surface area contributed by atoms with Crippen molar-refractivity contribution in [2.45, 2.75) is 38.7 Å². The third-order valence-corrected chi connectivity index (χ3v) is 7.12. The molecule has 0 atom stereocenters. The Kier molecular flexibility index (Phi) is 7.86. The van der Waals surface area contributed by atoms with Gasteiger partial charge in [0.25, 0.3) is 10.2 Å². The Labute approximate surface area is 197 Å². The van der Waals surface area contributed by atoms with Crippen LogP contribution in [-0.2, 0) is 20.4 Å². The number of halogens is 2. The van der Waals surface area contributed by atoms with Crippen LogP contribution in [0.5, 0.6) is 5.88 Å². The second-order valence-electron chi connectivity index (χ2n) is 8.35. The Morgan fingerprint density at radius 3 is 2.53 bits per heavy atom. The van der Waals surface area contributed by atoms with Crippen molar-refractivity contribution < 1.29 is 31.8 Å². The summed E-state index contributed by atoms with van der Waals surface area (Å²) in [5.74, 6) is -0.958. The standard InChI is InChI=1S/C22H28F2N4O5S/c1-14(2)16-6-4-5-7-17(16)22(12-28(13-22)34(31,32)25-10-11-29)20(30)27-18-9-8-15(3)26-19(18)33-21(23)24/h4-9,14,21,25,29H,10-13H2,1-3H3,(H,27,30). The molecule has 2 heterocycles. The molecule has 34 heavy (non-hydrogen) atoms. The predicted molar refractivity (Wildman–Crippen MR) is 122 cm³/mol. The van der Waals surface area contributed by atoms with E-state index in [1.807, 2.05) is 26.0 Å². The zero-order valence-electron chi connectivity index (χ0n) is 19.1. The average molecular weight is 499 g/mol. The second-order valence-corrected chi connectivity index (χ2v) is 10.1. The quantitative estimate of drug-likeness (QED) is 0.462. The number of nitrogens with zero attached hydrogens (tertiary/aromatic N) is 2. The average Bonchev–Trinajstić information content (AvgIpc) is 2.73. The summed E-state index contributed by atoms with van der Waals surface area (Å²) in [5.41, 5.74) is 0.611. The monoisotopic (exact) mass is 498 g/mol. The van der Waals surface area contributed by atoms with Gasteiger partial charge in [-0.3, -0.25) is 4.79 Å². The molecule has 1 amide bonds. The molecule has 0 saturated carbocycles. The number of amides is 1. The molecule has 1 aliphatic rings. The van der Waals surface area contributed by atoms with Crippen molar-refractivity contribution in [1.29, 1.82) is 0 Å². The molecule has 186 valence electrons. The number of rotatable bonds is 10. The van der Waals surface area contributed by atoms with Gasteiger partial charge in [-0.1, -0.05) is 38.1 Å².